The van der Waals surface area contributed by atoms with Crippen LogP contribution in [-0.2, 0) is 6.54 Å². The Morgan fingerprint density at radius 1 is 1.19 bits per heavy atom. The van der Waals surface area contributed by atoms with Gasteiger partial charge in [-0.15, -0.1) is 0 Å². The summed E-state index contributed by atoms with van der Waals surface area (Å²) in [5.41, 5.74) is 2.72. The SMILES string of the molecule is CCOc1ccc(CN2CCN(C)CC2)cc1-c1nc(C(C)C)cc(=O)[nH]1. The molecule has 3 rings (SSSR count). The number of H-pyrrole nitrogens is 1. The second-order valence-electron chi connectivity index (χ2n) is 7.52. The lowest BCUT2D eigenvalue weighted by Gasteiger charge is -2.32. The van der Waals surface area contributed by atoms with Crippen LogP contribution in [-0.4, -0.2) is 59.6 Å². The van der Waals surface area contributed by atoms with E-state index >= 15 is 0 Å². The number of nitrogens with one attached hydrogen (secondary N) is 1. The lowest BCUT2D eigenvalue weighted by atomic mass is 10.1. The number of likely N-dealkylation sites (N-methyl/N-ethyl adjacent to an activating group) is 1. The molecule has 6 heteroatoms. The molecule has 0 saturated carbocycles. The maximum Gasteiger partial charge on any atom is 0.251 e. The number of ether oxygens (including phenoxy) is 1. The average Bonchev–Trinajstić information content (AvgIpc) is 2.64. The highest BCUT2D eigenvalue weighted by Crippen LogP contribution is 2.29. The van der Waals surface area contributed by atoms with Crippen molar-refractivity contribution in [3.63, 3.8) is 0 Å². The highest BCUT2D eigenvalue weighted by molar-refractivity contribution is 5.65. The zero-order chi connectivity index (χ0) is 19.4. The van der Waals surface area contributed by atoms with Gasteiger partial charge >= 0.3 is 0 Å². The topological polar surface area (TPSA) is 61.5 Å². The summed E-state index contributed by atoms with van der Waals surface area (Å²) in [6.45, 7) is 11.8. The molecule has 1 fully saturated rings. The maximum atomic E-state index is 12.1. The molecule has 1 aromatic carbocycles. The molecular weight excluding hydrogens is 340 g/mol. The first-order valence-corrected chi connectivity index (χ1v) is 9.74. The smallest absolute Gasteiger partial charge is 0.251 e. The molecule has 0 spiro atoms. The fraction of sp³-hybridized carbons (Fsp3) is 0.524. The van der Waals surface area contributed by atoms with Crippen LogP contribution in [0.4, 0.5) is 0 Å². The minimum atomic E-state index is -0.129. The predicted octanol–water partition coefficient (Wildman–Crippen LogP) is 2.71. The van der Waals surface area contributed by atoms with Crippen molar-refractivity contribution in [1.82, 2.24) is 19.8 Å². The molecule has 1 N–H and O–H groups in total. The Labute approximate surface area is 161 Å². The van der Waals surface area contributed by atoms with Gasteiger partial charge in [0.15, 0.2) is 0 Å². The van der Waals surface area contributed by atoms with Crippen LogP contribution in [0.25, 0.3) is 11.4 Å². The van der Waals surface area contributed by atoms with Gasteiger partial charge in [0.05, 0.1) is 17.9 Å². The van der Waals surface area contributed by atoms with Gasteiger partial charge in [0.2, 0.25) is 0 Å². The molecule has 146 valence electrons. The van der Waals surface area contributed by atoms with E-state index in [1.54, 1.807) is 6.07 Å². The summed E-state index contributed by atoms with van der Waals surface area (Å²) in [6, 6.07) is 7.78. The van der Waals surface area contributed by atoms with E-state index < -0.39 is 0 Å². The van der Waals surface area contributed by atoms with Gasteiger partial charge in [-0.1, -0.05) is 19.9 Å². The van der Waals surface area contributed by atoms with E-state index in [1.165, 1.54) is 5.56 Å². The first-order chi connectivity index (χ1) is 13.0. The molecule has 0 bridgehead atoms. The van der Waals surface area contributed by atoms with Crippen LogP contribution in [0.1, 0.15) is 37.9 Å². The Balaban J connectivity index is 1.94. The quantitative estimate of drug-likeness (QED) is 0.847. The number of benzene rings is 1. The number of piperazine rings is 1. The van der Waals surface area contributed by atoms with Crippen molar-refractivity contribution in [3.8, 4) is 17.1 Å². The monoisotopic (exact) mass is 370 g/mol. The number of nitrogens with zero attached hydrogens (tertiary/aromatic N) is 3. The molecule has 6 nitrogen and oxygen atoms in total. The third kappa shape index (κ3) is 4.96. The van der Waals surface area contributed by atoms with Gasteiger partial charge in [-0.25, -0.2) is 4.98 Å². The Hall–Kier alpha value is -2.18. The largest absolute Gasteiger partial charge is 0.493 e. The highest BCUT2D eigenvalue weighted by Gasteiger charge is 2.17. The van der Waals surface area contributed by atoms with Crippen molar-refractivity contribution in [1.29, 1.82) is 0 Å². The van der Waals surface area contributed by atoms with Gasteiger partial charge < -0.3 is 14.6 Å². The highest BCUT2D eigenvalue weighted by atomic mass is 16.5. The molecule has 0 radical (unpaired) electrons. The van der Waals surface area contributed by atoms with E-state index in [1.807, 2.05) is 26.8 Å². The molecule has 1 aliphatic heterocycles. The fourth-order valence-corrected chi connectivity index (χ4v) is 3.31. The third-order valence-electron chi connectivity index (χ3n) is 4.95. The molecule has 0 aliphatic carbocycles. The molecule has 1 saturated heterocycles. The van der Waals surface area contributed by atoms with Crippen molar-refractivity contribution in [2.24, 2.45) is 0 Å². The van der Waals surface area contributed by atoms with Gasteiger partial charge in [-0.2, -0.15) is 0 Å². The molecule has 2 aromatic rings. The summed E-state index contributed by atoms with van der Waals surface area (Å²) in [5.74, 6) is 1.52. The van der Waals surface area contributed by atoms with Crippen LogP contribution in [0.5, 0.6) is 5.75 Å². The molecule has 1 aromatic heterocycles. The van der Waals surface area contributed by atoms with E-state index in [2.05, 4.69) is 38.9 Å². The van der Waals surface area contributed by atoms with Crippen molar-refractivity contribution < 1.29 is 4.74 Å². The Morgan fingerprint density at radius 3 is 2.59 bits per heavy atom. The van der Waals surface area contributed by atoms with E-state index in [0.29, 0.717) is 12.4 Å². The molecule has 27 heavy (non-hydrogen) atoms. The summed E-state index contributed by atoms with van der Waals surface area (Å²) >= 11 is 0. The van der Waals surface area contributed by atoms with Crippen LogP contribution in [0, 0.1) is 0 Å². The summed E-state index contributed by atoms with van der Waals surface area (Å²) in [4.78, 5) is 24.5. The van der Waals surface area contributed by atoms with Gasteiger partial charge in [-0.05, 0) is 37.6 Å². The molecule has 2 heterocycles. The minimum absolute atomic E-state index is 0.129. The lowest BCUT2D eigenvalue weighted by molar-refractivity contribution is 0.148. The van der Waals surface area contributed by atoms with Crippen molar-refractivity contribution in [3.05, 3.63) is 45.9 Å². The van der Waals surface area contributed by atoms with Crippen LogP contribution in [0.3, 0.4) is 0 Å². The predicted molar refractivity (Wildman–Crippen MR) is 108 cm³/mol. The van der Waals surface area contributed by atoms with E-state index in [4.69, 9.17) is 4.74 Å². The third-order valence-corrected chi connectivity index (χ3v) is 4.95. The van der Waals surface area contributed by atoms with E-state index in [9.17, 15) is 4.79 Å². The zero-order valence-electron chi connectivity index (χ0n) is 16.8. The number of aromatic nitrogens is 2. The standard InChI is InChI=1S/C21H30N4O2/c1-5-27-19-7-6-16(14-25-10-8-24(4)9-11-25)12-17(19)21-22-18(15(2)3)13-20(26)23-21/h6-7,12-13,15H,5,8-11,14H2,1-4H3,(H,22,23,26). The number of hydrogen-bond donors (Lipinski definition) is 1. The van der Waals surface area contributed by atoms with Gasteiger partial charge in [0.1, 0.15) is 11.6 Å². The Kier molecular flexibility index (Phi) is 6.29. The summed E-state index contributed by atoms with van der Waals surface area (Å²) in [7, 11) is 2.16. The number of aromatic amines is 1. The lowest BCUT2D eigenvalue weighted by Crippen LogP contribution is -2.43. The minimum Gasteiger partial charge on any atom is -0.493 e. The summed E-state index contributed by atoms with van der Waals surface area (Å²) in [6.07, 6.45) is 0. The molecule has 0 amide bonds. The molecule has 0 unspecified atom stereocenters. The number of rotatable bonds is 6. The Morgan fingerprint density at radius 2 is 1.93 bits per heavy atom. The first kappa shape index (κ1) is 19.6. The Bertz CT molecular complexity index is 823. The van der Waals surface area contributed by atoms with Crippen molar-refractivity contribution >= 4 is 0 Å². The van der Waals surface area contributed by atoms with Crippen LogP contribution < -0.4 is 10.3 Å². The van der Waals surface area contributed by atoms with Crippen molar-refractivity contribution in [2.75, 3.05) is 39.8 Å². The van der Waals surface area contributed by atoms with Crippen LogP contribution in [0.2, 0.25) is 0 Å². The maximum absolute atomic E-state index is 12.1. The van der Waals surface area contributed by atoms with Gasteiger partial charge in [0.25, 0.3) is 5.56 Å². The fourth-order valence-electron chi connectivity index (χ4n) is 3.31. The molecule has 0 atom stereocenters. The zero-order valence-corrected chi connectivity index (χ0v) is 16.8. The van der Waals surface area contributed by atoms with E-state index in [-0.39, 0.29) is 11.5 Å². The van der Waals surface area contributed by atoms with E-state index in [0.717, 1.165) is 49.7 Å². The van der Waals surface area contributed by atoms with Gasteiger partial charge in [-0.3, -0.25) is 9.69 Å². The van der Waals surface area contributed by atoms with Crippen LogP contribution >= 0.6 is 0 Å². The summed E-state index contributed by atoms with van der Waals surface area (Å²) < 4.78 is 5.81. The number of hydrogen-bond acceptors (Lipinski definition) is 5. The molecule has 1 aliphatic rings. The first-order valence-electron chi connectivity index (χ1n) is 9.74. The summed E-state index contributed by atoms with van der Waals surface area (Å²) in [5, 5.41) is 0. The molecular formula is C21H30N4O2. The normalized spacial score (nSPS) is 16.0. The van der Waals surface area contributed by atoms with Gasteiger partial charge in [0, 0.05) is 38.8 Å². The van der Waals surface area contributed by atoms with Crippen molar-refractivity contribution in [2.45, 2.75) is 33.2 Å². The van der Waals surface area contributed by atoms with Crippen LogP contribution in [0.15, 0.2) is 29.1 Å². The average molecular weight is 370 g/mol. The second-order valence-corrected chi connectivity index (χ2v) is 7.52. The second kappa shape index (κ2) is 8.67.